The van der Waals surface area contributed by atoms with Gasteiger partial charge in [-0.25, -0.2) is 0 Å². The number of hydrogen-bond acceptors (Lipinski definition) is 7. The summed E-state index contributed by atoms with van der Waals surface area (Å²) in [5, 5.41) is 12.4. The molecule has 33 heavy (non-hydrogen) atoms. The summed E-state index contributed by atoms with van der Waals surface area (Å²) in [6.45, 7) is 4.34. The number of aryl methyl sites for hydroxylation is 1. The Morgan fingerprint density at radius 2 is 2.09 bits per heavy atom. The van der Waals surface area contributed by atoms with Crippen LogP contribution in [0.5, 0.6) is 5.75 Å². The van der Waals surface area contributed by atoms with Crippen LogP contribution in [0.1, 0.15) is 28.9 Å². The van der Waals surface area contributed by atoms with Crippen molar-refractivity contribution in [3.63, 3.8) is 0 Å². The number of hydrogen-bond donors (Lipinski definition) is 2. The molecule has 0 bridgehead atoms. The number of nitrogens with two attached hydrogens (primary N) is 1. The number of fused-ring (bicyclic) bond motifs is 1. The van der Waals surface area contributed by atoms with Crippen molar-refractivity contribution in [1.82, 2.24) is 14.9 Å². The van der Waals surface area contributed by atoms with Gasteiger partial charge in [-0.3, -0.25) is 14.8 Å². The molecular weight excluding hydrogens is 418 g/mol. The molecule has 1 atom stereocenters. The Hall–Kier alpha value is -3.23. The van der Waals surface area contributed by atoms with Crippen molar-refractivity contribution in [2.24, 2.45) is 5.73 Å². The molecule has 0 unspecified atom stereocenters. The molecule has 1 saturated heterocycles. The summed E-state index contributed by atoms with van der Waals surface area (Å²) in [6.07, 6.45) is 5.02. The number of nitrogens with zero attached hydrogens (tertiary/aromatic N) is 4. The number of pyridine rings is 2. The number of amides is 1. The number of rotatable bonds is 7. The topological polar surface area (TPSA) is 105 Å². The van der Waals surface area contributed by atoms with E-state index in [1.807, 2.05) is 25.3 Å². The van der Waals surface area contributed by atoms with Gasteiger partial charge < -0.3 is 25.4 Å². The third-order valence-corrected chi connectivity index (χ3v) is 5.98. The first kappa shape index (κ1) is 22.9. The van der Waals surface area contributed by atoms with E-state index in [1.165, 1.54) is 0 Å². The zero-order chi connectivity index (χ0) is 23.4. The van der Waals surface area contributed by atoms with E-state index in [2.05, 4.69) is 14.9 Å². The van der Waals surface area contributed by atoms with Crippen molar-refractivity contribution in [2.45, 2.75) is 25.4 Å². The number of carbonyl (C=O) groups excluding carboxylic acids is 1. The number of benzene rings is 1. The molecule has 0 saturated carbocycles. The fraction of sp³-hybridized carbons (Fsp3) is 0.400. The fourth-order valence-corrected chi connectivity index (χ4v) is 4.49. The summed E-state index contributed by atoms with van der Waals surface area (Å²) < 4.78 is 5.48. The van der Waals surface area contributed by atoms with Crippen molar-refractivity contribution in [3.8, 4) is 5.75 Å². The van der Waals surface area contributed by atoms with Crippen LogP contribution in [0.2, 0.25) is 0 Å². The third kappa shape index (κ3) is 5.23. The molecule has 4 rings (SSSR count). The average Bonchev–Trinajstić information content (AvgIpc) is 2.81. The van der Waals surface area contributed by atoms with Gasteiger partial charge in [-0.05, 0) is 56.2 Å². The van der Waals surface area contributed by atoms with Crippen LogP contribution in [0, 0.1) is 6.92 Å². The van der Waals surface area contributed by atoms with E-state index < -0.39 is 5.60 Å². The lowest BCUT2D eigenvalue weighted by molar-refractivity contribution is 0.0000637. The van der Waals surface area contributed by atoms with E-state index in [1.54, 1.807) is 42.4 Å². The van der Waals surface area contributed by atoms with Crippen LogP contribution in [0.4, 0.5) is 5.69 Å². The lowest BCUT2D eigenvalue weighted by Crippen LogP contribution is -2.54. The van der Waals surface area contributed by atoms with Crippen LogP contribution in [-0.4, -0.2) is 71.3 Å². The lowest BCUT2D eigenvalue weighted by Gasteiger charge is -2.42. The van der Waals surface area contributed by atoms with E-state index in [0.29, 0.717) is 37.4 Å². The largest absolute Gasteiger partial charge is 0.492 e. The van der Waals surface area contributed by atoms with Crippen LogP contribution in [0.25, 0.3) is 10.9 Å². The zero-order valence-electron chi connectivity index (χ0n) is 19.2. The van der Waals surface area contributed by atoms with Gasteiger partial charge >= 0.3 is 0 Å². The number of β-amino-alcohol motifs (C(OH)–C–C–N with tert-alkyl or cyclic N) is 1. The summed E-state index contributed by atoms with van der Waals surface area (Å²) >= 11 is 0. The maximum absolute atomic E-state index is 13.0. The molecule has 8 nitrogen and oxygen atoms in total. The second-order valence-corrected chi connectivity index (χ2v) is 8.75. The Bertz CT molecular complexity index is 1120. The van der Waals surface area contributed by atoms with E-state index in [9.17, 15) is 9.90 Å². The van der Waals surface area contributed by atoms with Crippen molar-refractivity contribution in [1.29, 1.82) is 0 Å². The van der Waals surface area contributed by atoms with Crippen LogP contribution in [0.3, 0.4) is 0 Å². The molecule has 0 aliphatic carbocycles. The first-order valence-electron chi connectivity index (χ1n) is 11.3. The van der Waals surface area contributed by atoms with E-state index >= 15 is 0 Å². The number of ether oxygens (including phenoxy) is 1. The van der Waals surface area contributed by atoms with Crippen molar-refractivity contribution < 1.29 is 14.6 Å². The smallest absolute Gasteiger partial charge is 0.253 e. The summed E-state index contributed by atoms with van der Waals surface area (Å²) in [5.41, 5.74) is 7.82. The zero-order valence-corrected chi connectivity index (χ0v) is 19.2. The van der Waals surface area contributed by atoms with E-state index in [0.717, 1.165) is 35.2 Å². The predicted octanol–water partition coefficient (Wildman–Crippen LogP) is 2.38. The van der Waals surface area contributed by atoms with Gasteiger partial charge in [0.25, 0.3) is 5.91 Å². The molecule has 3 aromatic rings. The molecule has 1 aromatic carbocycles. The molecular formula is C25H31N5O3. The molecule has 174 valence electrons. The molecule has 0 spiro atoms. The number of likely N-dealkylation sites (N-methyl/N-ethyl adjacent to an activating group) is 1. The van der Waals surface area contributed by atoms with Gasteiger partial charge in [-0.15, -0.1) is 0 Å². The van der Waals surface area contributed by atoms with Crippen LogP contribution in [-0.2, 0) is 0 Å². The second-order valence-electron chi connectivity index (χ2n) is 8.75. The van der Waals surface area contributed by atoms with Crippen LogP contribution < -0.4 is 15.4 Å². The monoisotopic (exact) mass is 449 g/mol. The molecule has 2 aromatic heterocycles. The Balaban J connectivity index is 1.47. The maximum atomic E-state index is 13.0. The number of carbonyl (C=O) groups is 1. The summed E-state index contributed by atoms with van der Waals surface area (Å²) in [7, 11) is 1.73. The van der Waals surface area contributed by atoms with Gasteiger partial charge in [0.2, 0.25) is 0 Å². The highest BCUT2D eigenvalue weighted by Gasteiger charge is 2.36. The fourth-order valence-electron chi connectivity index (χ4n) is 4.49. The Kier molecular flexibility index (Phi) is 6.76. The Labute approximate surface area is 194 Å². The van der Waals surface area contributed by atoms with Crippen LogP contribution in [0.15, 0.2) is 48.8 Å². The lowest BCUT2D eigenvalue weighted by atomic mass is 9.91. The van der Waals surface area contributed by atoms with Crippen molar-refractivity contribution in [3.05, 3.63) is 60.0 Å². The molecule has 1 amide bonds. The number of anilines is 1. The first-order chi connectivity index (χ1) is 15.9. The quantitative estimate of drug-likeness (QED) is 0.571. The summed E-state index contributed by atoms with van der Waals surface area (Å²) in [4.78, 5) is 25.6. The summed E-state index contributed by atoms with van der Waals surface area (Å²) in [6, 6.07) is 10.9. The van der Waals surface area contributed by atoms with Gasteiger partial charge in [-0.1, -0.05) is 0 Å². The highest BCUT2D eigenvalue weighted by atomic mass is 16.5. The van der Waals surface area contributed by atoms with Gasteiger partial charge in [-0.2, -0.15) is 0 Å². The van der Waals surface area contributed by atoms with Gasteiger partial charge in [0, 0.05) is 61.4 Å². The Morgan fingerprint density at radius 3 is 2.85 bits per heavy atom. The molecule has 1 aliphatic rings. The normalized spacial score (nSPS) is 18.4. The molecule has 3 N–H and O–H groups in total. The maximum Gasteiger partial charge on any atom is 0.253 e. The minimum Gasteiger partial charge on any atom is -0.492 e. The number of aromatic nitrogens is 2. The molecule has 1 aliphatic heterocycles. The minimum atomic E-state index is -1.02. The molecule has 1 fully saturated rings. The number of aliphatic hydroxyl groups is 1. The second kappa shape index (κ2) is 9.72. The van der Waals surface area contributed by atoms with Crippen molar-refractivity contribution in [2.75, 3.05) is 44.7 Å². The van der Waals surface area contributed by atoms with E-state index in [4.69, 9.17) is 10.5 Å². The standard InChI is InChI=1S/C25H31N5O3/c1-18-14-23(21-15-27-11-8-22(21)28-18)30-12-3-9-25(32,17-30)16-29(2)24(31)19-4-6-20(7-5-19)33-13-10-26/h4-8,11,14-15,32H,3,9-10,12-13,16-17,26H2,1-2H3/t25-/m0/s1. The minimum absolute atomic E-state index is 0.139. The Morgan fingerprint density at radius 1 is 1.30 bits per heavy atom. The first-order valence-corrected chi connectivity index (χ1v) is 11.3. The average molecular weight is 450 g/mol. The molecule has 8 heteroatoms. The summed E-state index contributed by atoms with van der Waals surface area (Å²) in [5.74, 6) is 0.538. The van der Waals surface area contributed by atoms with Gasteiger partial charge in [0.15, 0.2) is 0 Å². The van der Waals surface area contributed by atoms with E-state index in [-0.39, 0.29) is 12.5 Å². The van der Waals surface area contributed by atoms with Gasteiger partial charge in [0.1, 0.15) is 12.4 Å². The predicted molar refractivity (Wildman–Crippen MR) is 129 cm³/mol. The molecule has 3 heterocycles. The highest BCUT2D eigenvalue weighted by molar-refractivity contribution is 5.94. The van der Waals surface area contributed by atoms with Gasteiger partial charge in [0.05, 0.1) is 17.7 Å². The third-order valence-electron chi connectivity index (χ3n) is 5.98. The van der Waals surface area contributed by atoms with Crippen molar-refractivity contribution >= 4 is 22.5 Å². The molecule has 0 radical (unpaired) electrons. The highest BCUT2D eigenvalue weighted by Crippen LogP contribution is 2.32. The van der Waals surface area contributed by atoms with Crippen LogP contribution >= 0.6 is 0 Å². The SMILES string of the molecule is Cc1cc(N2CCC[C@](O)(CN(C)C(=O)c3ccc(OCCN)cc3)C2)c2cnccc2n1. The number of piperidine rings is 1.